The summed E-state index contributed by atoms with van der Waals surface area (Å²) in [5.41, 5.74) is 2.38. The third kappa shape index (κ3) is 4.90. The van der Waals surface area contributed by atoms with Gasteiger partial charge in [-0.3, -0.25) is 4.79 Å². The fourth-order valence-electron chi connectivity index (χ4n) is 0.918. The second-order valence-electron chi connectivity index (χ2n) is 3.40. The number of carboxylic acids is 1. The van der Waals surface area contributed by atoms with Crippen molar-refractivity contribution in [3.05, 3.63) is 11.1 Å². The van der Waals surface area contributed by atoms with Crippen LogP contribution in [0, 0.1) is 5.92 Å². The van der Waals surface area contributed by atoms with Crippen LogP contribution in [0.5, 0.6) is 0 Å². The number of hydrogen-bond acceptors (Lipinski definition) is 2. The predicted molar refractivity (Wildman–Crippen MR) is 53.9 cm³/mol. The highest BCUT2D eigenvalue weighted by Crippen LogP contribution is 2.02. The molecule has 3 nitrogen and oxygen atoms in total. The van der Waals surface area contributed by atoms with Gasteiger partial charge in [0, 0.05) is 12.1 Å². The lowest BCUT2D eigenvalue weighted by Crippen LogP contribution is -2.41. The topological polar surface area (TPSA) is 49.3 Å². The van der Waals surface area contributed by atoms with E-state index in [0.717, 1.165) is 5.57 Å². The Kier molecular flexibility index (Phi) is 5.75. The van der Waals surface area contributed by atoms with Crippen molar-refractivity contribution >= 4 is 17.6 Å². The molecule has 0 radical (unpaired) electrons. The van der Waals surface area contributed by atoms with E-state index < -0.39 is 12.0 Å². The number of halogens is 1. The summed E-state index contributed by atoms with van der Waals surface area (Å²) < 4.78 is 0. The minimum Gasteiger partial charge on any atom is -0.480 e. The molecule has 0 rings (SSSR count). The molecule has 0 aliphatic carbocycles. The molecule has 0 aromatic carbocycles. The predicted octanol–water partition coefficient (Wildman–Crippen LogP) is 1.83. The second-order valence-corrected chi connectivity index (χ2v) is 3.61. The van der Waals surface area contributed by atoms with Gasteiger partial charge in [0.2, 0.25) is 0 Å². The molecule has 0 heterocycles. The normalized spacial score (nSPS) is 14.7. The molecule has 0 aromatic rings. The molecule has 0 aliphatic rings. The van der Waals surface area contributed by atoms with Gasteiger partial charge >= 0.3 is 5.97 Å². The van der Waals surface area contributed by atoms with Gasteiger partial charge in [-0.1, -0.05) is 25.4 Å². The summed E-state index contributed by atoms with van der Waals surface area (Å²) >= 11 is 5.45. The Morgan fingerprint density at radius 3 is 2.46 bits per heavy atom. The Balaban J connectivity index is 4.05. The monoisotopic (exact) mass is 205 g/mol. The average molecular weight is 206 g/mol. The maximum absolute atomic E-state index is 10.7. The van der Waals surface area contributed by atoms with Crippen LogP contribution in [0.3, 0.4) is 0 Å². The quantitative estimate of drug-likeness (QED) is 0.720. The van der Waals surface area contributed by atoms with Gasteiger partial charge in [-0.2, -0.15) is 0 Å². The van der Waals surface area contributed by atoms with Gasteiger partial charge in [0.1, 0.15) is 6.04 Å². The van der Waals surface area contributed by atoms with E-state index >= 15 is 0 Å². The second kappa shape index (κ2) is 6.00. The van der Waals surface area contributed by atoms with Gasteiger partial charge < -0.3 is 10.4 Å². The molecule has 0 spiro atoms. The van der Waals surface area contributed by atoms with Crippen molar-refractivity contribution in [3.63, 3.8) is 0 Å². The first kappa shape index (κ1) is 12.5. The van der Waals surface area contributed by atoms with Gasteiger partial charge in [-0.05, 0) is 18.4 Å². The highest BCUT2D eigenvalue weighted by atomic mass is 35.5. The Morgan fingerprint density at radius 2 is 2.15 bits per heavy atom. The molecule has 0 saturated carbocycles. The van der Waals surface area contributed by atoms with Crippen LogP contribution in [0.25, 0.3) is 0 Å². The van der Waals surface area contributed by atoms with Crippen molar-refractivity contribution in [3.8, 4) is 0 Å². The van der Waals surface area contributed by atoms with Crippen molar-refractivity contribution in [2.24, 2.45) is 5.92 Å². The zero-order valence-corrected chi connectivity index (χ0v) is 8.93. The van der Waals surface area contributed by atoms with Crippen LogP contribution in [-0.2, 0) is 4.79 Å². The molecular weight excluding hydrogens is 190 g/mol. The molecule has 1 unspecified atom stereocenters. The summed E-state index contributed by atoms with van der Waals surface area (Å²) in [4.78, 5) is 10.7. The SMILES string of the molecule is CC(=CCl)CNC(C(=O)O)C(C)C. The Bertz CT molecular complexity index is 202. The first-order valence-electron chi connectivity index (χ1n) is 4.21. The van der Waals surface area contributed by atoms with Crippen LogP contribution in [0.15, 0.2) is 11.1 Å². The van der Waals surface area contributed by atoms with Crippen LogP contribution < -0.4 is 5.32 Å². The van der Waals surface area contributed by atoms with Crippen molar-refractivity contribution < 1.29 is 9.90 Å². The molecule has 13 heavy (non-hydrogen) atoms. The van der Waals surface area contributed by atoms with Gasteiger partial charge in [0.05, 0.1) is 0 Å². The smallest absolute Gasteiger partial charge is 0.320 e. The fourth-order valence-corrected chi connectivity index (χ4v) is 0.995. The highest BCUT2D eigenvalue weighted by Gasteiger charge is 2.19. The molecule has 2 N–H and O–H groups in total. The van der Waals surface area contributed by atoms with E-state index in [1.54, 1.807) is 0 Å². The minimum atomic E-state index is -0.822. The summed E-state index contributed by atoms with van der Waals surface area (Å²) in [7, 11) is 0. The Labute approximate surface area is 83.8 Å². The van der Waals surface area contributed by atoms with Crippen molar-refractivity contribution in [2.75, 3.05) is 6.54 Å². The number of rotatable bonds is 5. The summed E-state index contributed by atoms with van der Waals surface area (Å²) in [5, 5.41) is 11.7. The highest BCUT2D eigenvalue weighted by molar-refractivity contribution is 6.25. The van der Waals surface area contributed by atoms with Crippen LogP contribution in [0.4, 0.5) is 0 Å². The standard InChI is InChI=1S/C9H16ClNO2/c1-6(2)8(9(12)13)11-5-7(3)4-10/h4,6,8,11H,5H2,1-3H3,(H,12,13). The lowest BCUT2D eigenvalue weighted by atomic mass is 10.0. The summed E-state index contributed by atoms with van der Waals surface area (Å²) in [5.74, 6) is -0.752. The zero-order chi connectivity index (χ0) is 10.4. The van der Waals surface area contributed by atoms with Crippen molar-refractivity contribution in [2.45, 2.75) is 26.8 Å². The van der Waals surface area contributed by atoms with Crippen molar-refractivity contribution in [1.82, 2.24) is 5.32 Å². The molecule has 0 fully saturated rings. The molecule has 76 valence electrons. The van der Waals surface area contributed by atoms with E-state index in [2.05, 4.69) is 5.32 Å². The van der Waals surface area contributed by atoms with E-state index in [-0.39, 0.29) is 5.92 Å². The molecule has 0 saturated heterocycles. The lowest BCUT2D eigenvalue weighted by Gasteiger charge is -2.17. The molecule has 0 amide bonds. The number of nitrogens with one attached hydrogen (secondary N) is 1. The Morgan fingerprint density at radius 1 is 1.62 bits per heavy atom. The summed E-state index contributed by atoms with van der Waals surface area (Å²) in [6, 6.07) is -0.508. The maximum Gasteiger partial charge on any atom is 0.320 e. The number of aliphatic carboxylic acids is 1. The first-order valence-corrected chi connectivity index (χ1v) is 4.64. The zero-order valence-electron chi connectivity index (χ0n) is 8.17. The van der Waals surface area contributed by atoms with Gasteiger partial charge in [-0.15, -0.1) is 0 Å². The van der Waals surface area contributed by atoms with Crippen molar-refractivity contribution in [1.29, 1.82) is 0 Å². The molecule has 0 aromatic heterocycles. The van der Waals surface area contributed by atoms with E-state index in [1.165, 1.54) is 5.54 Å². The molecule has 1 atom stereocenters. The van der Waals surface area contributed by atoms with E-state index in [1.807, 2.05) is 20.8 Å². The number of carbonyl (C=O) groups is 1. The molecule has 4 heteroatoms. The summed E-state index contributed by atoms with van der Waals surface area (Å²) in [6.07, 6.45) is 0. The minimum absolute atomic E-state index is 0.0700. The first-order chi connectivity index (χ1) is 5.99. The Hall–Kier alpha value is -0.540. The molecular formula is C9H16ClNO2. The van der Waals surface area contributed by atoms with Gasteiger partial charge in [-0.25, -0.2) is 0 Å². The van der Waals surface area contributed by atoms with Gasteiger partial charge in [0.25, 0.3) is 0 Å². The van der Waals surface area contributed by atoms with Gasteiger partial charge in [0.15, 0.2) is 0 Å². The maximum atomic E-state index is 10.7. The largest absolute Gasteiger partial charge is 0.480 e. The van der Waals surface area contributed by atoms with Crippen LogP contribution in [0.2, 0.25) is 0 Å². The van der Waals surface area contributed by atoms with Crippen LogP contribution >= 0.6 is 11.6 Å². The number of carboxylic acid groups (broad SMARTS) is 1. The third-order valence-electron chi connectivity index (χ3n) is 1.72. The fraction of sp³-hybridized carbons (Fsp3) is 0.667. The number of hydrogen-bond donors (Lipinski definition) is 2. The average Bonchev–Trinajstić information content (AvgIpc) is 2.03. The molecule has 0 bridgehead atoms. The summed E-state index contributed by atoms with van der Waals surface area (Å²) in [6.45, 7) is 6.09. The van der Waals surface area contributed by atoms with Crippen LogP contribution in [0.1, 0.15) is 20.8 Å². The van der Waals surface area contributed by atoms with E-state index in [0.29, 0.717) is 6.54 Å². The van der Waals surface area contributed by atoms with E-state index in [4.69, 9.17) is 16.7 Å². The lowest BCUT2D eigenvalue weighted by molar-refractivity contribution is -0.140. The van der Waals surface area contributed by atoms with E-state index in [9.17, 15) is 4.79 Å². The van der Waals surface area contributed by atoms with Crippen LogP contribution in [-0.4, -0.2) is 23.7 Å². The molecule has 0 aliphatic heterocycles. The third-order valence-corrected chi connectivity index (χ3v) is 2.09.